The highest BCUT2D eigenvalue weighted by Gasteiger charge is 2.40. The van der Waals surface area contributed by atoms with Crippen LogP contribution in [0.25, 0.3) is 22.0 Å². The van der Waals surface area contributed by atoms with Gasteiger partial charge in [0.2, 0.25) is 11.5 Å². The van der Waals surface area contributed by atoms with Gasteiger partial charge in [0.05, 0.1) is 35.1 Å². The number of rotatable bonds is 22. The molecule has 0 spiro atoms. The average Bonchev–Trinajstić information content (AvgIpc) is 3.31. The Morgan fingerprint density at radius 3 is 2.33 bits per heavy atom. The van der Waals surface area contributed by atoms with Crippen molar-refractivity contribution in [3.8, 4) is 22.6 Å². The SMILES string of the molecule is CCCCCCN(C)C1CCC(N(C(=O)O)c2cc(CCCC(=O)Nc3cc(OC)c(CNC[C@H](O[Si](C)(C)C(C)(C)C)c4ccc(O)c5[nH]c(=O)ccc45)cc3Cl)ccc2-c2ccccc2)CC1. The Labute approximate surface area is 414 Å². The molecule has 5 aromatic rings. The molecule has 69 heavy (non-hydrogen) atoms. The molecule has 0 aliphatic heterocycles. The molecule has 1 atom stereocenters. The Bertz CT molecular complexity index is 2570. The number of halogens is 1. The molecule has 5 N–H and O–H groups in total. The van der Waals surface area contributed by atoms with Gasteiger partial charge in [-0.15, -0.1) is 0 Å². The van der Waals surface area contributed by atoms with Crippen molar-refractivity contribution in [2.45, 2.75) is 141 Å². The number of H-pyrrole nitrogens is 1. The van der Waals surface area contributed by atoms with Crippen LogP contribution in [-0.4, -0.2) is 79.7 Å². The molecule has 1 fully saturated rings. The molecule has 1 aromatic heterocycles. The number of phenols is 1. The minimum absolute atomic E-state index is 0.0106. The minimum atomic E-state index is -2.30. The molecule has 6 rings (SSSR count). The fraction of sp³-hybridized carbons (Fsp3) is 0.473. The van der Waals surface area contributed by atoms with Crippen LogP contribution in [0.4, 0.5) is 16.2 Å². The first-order valence-electron chi connectivity index (χ1n) is 24.7. The first-order chi connectivity index (χ1) is 32.9. The van der Waals surface area contributed by atoms with Crippen LogP contribution in [-0.2, 0) is 22.2 Å². The number of pyridine rings is 1. The van der Waals surface area contributed by atoms with Crippen LogP contribution < -0.4 is 25.8 Å². The van der Waals surface area contributed by atoms with Crippen molar-refractivity contribution in [2.24, 2.45) is 0 Å². The van der Waals surface area contributed by atoms with Gasteiger partial charge >= 0.3 is 6.09 Å². The molecule has 12 nitrogen and oxygen atoms in total. The second kappa shape index (κ2) is 24.1. The summed E-state index contributed by atoms with van der Waals surface area (Å²) in [7, 11) is 1.49. The van der Waals surface area contributed by atoms with Gasteiger partial charge in [-0.3, -0.25) is 14.5 Å². The number of aromatic nitrogens is 1. The second-order valence-electron chi connectivity index (χ2n) is 20.2. The molecule has 1 aliphatic rings. The van der Waals surface area contributed by atoms with Crippen molar-refractivity contribution in [1.82, 2.24) is 15.2 Å². The maximum absolute atomic E-state index is 13.5. The molecule has 1 aliphatic carbocycles. The van der Waals surface area contributed by atoms with E-state index in [0.717, 1.165) is 60.0 Å². The van der Waals surface area contributed by atoms with Gasteiger partial charge in [0.15, 0.2) is 8.32 Å². The zero-order valence-corrected chi connectivity index (χ0v) is 43.7. The van der Waals surface area contributed by atoms with E-state index in [4.69, 9.17) is 20.8 Å². The fourth-order valence-corrected chi connectivity index (χ4v) is 10.8. The quantitative estimate of drug-likeness (QED) is 0.0336. The van der Waals surface area contributed by atoms with E-state index in [1.807, 2.05) is 54.6 Å². The first kappa shape index (κ1) is 53.2. The van der Waals surface area contributed by atoms with Crippen molar-refractivity contribution in [1.29, 1.82) is 0 Å². The number of nitrogens with one attached hydrogen (secondary N) is 3. The standard InChI is InChI=1S/C55H74ClN5O7Si/c1-9-10-11-15-31-60(5)40-22-24-41(25-23-40)61(54(65)66)47-32-37(21-26-42(47)38-18-13-12-14-19-38)17-16-20-51(63)58-46-34-49(67-6)39(33-45(46)56)35-57-36-50(68-69(7,8)55(2,3)4)43-27-29-48(62)53-44(43)28-30-52(64)59-53/h12-14,18-19,21,26-30,32-34,40-41,50,57,62H,9-11,15-17,20,22-25,31,35-36H2,1-8H3,(H,58,63)(H,59,64)(H,65,66)/t40?,41?,50-/m0/s1. The van der Waals surface area contributed by atoms with Gasteiger partial charge in [-0.25, -0.2) is 4.79 Å². The molecule has 372 valence electrons. The fourth-order valence-electron chi connectivity index (χ4n) is 9.29. The molecule has 0 saturated heterocycles. The van der Waals surface area contributed by atoms with E-state index in [9.17, 15) is 24.6 Å². The highest BCUT2D eigenvalue weighted by Crippen LogP contribution is 2.42. The van der Waals surface area contributed by atoms with Gasteiger partial charge in [-0.05, 0) is 118 Å². The number of carbonyl (C=O) groups excluding carboxylic acids is 1. The van der Waals surface area contributed by atoms with E-state index < -0.39 is 20.5 Å². The van der Waals surface area contributed by atoms with Gasteiger partial charge in [0.1, 0.15) is 11.5 Å². The maximum Gasteiger partial charge on any atom is 0.412 e. The lowest BCUT2D eigenvalue weighted by Crippen LogP contribution is -2.45. The summed E-state index contributed by atoms with van der Waals surface area (Å²) in [5.74, 6) is 0.343. The Balaban J connectivity index is 1.11. The molecular weight excluding hydrogens is 906 g/mol. The highest BCUT2D eigenvalue weighted by molar-refractivity contribution is 6.74. The highest BCUT2D eigenvalue weighted by atomic mass is 35.5. The molecule has 0 radical (unpaired) electrons. The summed E-state index contributed by atoms with van der Waals surface area (Å²) < 4.78 is 12.8. The van der Waals surface area contributed by atoms with Crippen LogP contribution in [0, 0.1) is 0 Å². The van der Waals surface area contributed by atoms with Gasteiger partial charge < -0.3 is 39.9 Å². The van der Waals surface area contributed by atoms with Crippen LogP contribution in [0.5, 0.6) is 11.5 Å². The molecule has 0 unspecified atom stereocenters. The number of fused-ring (bicyclic) bond motifs is 1. The van der Waals surface area contributed by atoms with Gasteiger partial charge in [-0.1, -0.05) is 107 Å². The van der Waals surface area contributed by atoms with Crippen molar-refractivity contribution >= 4 is 54.2 Å². The third-order valence-corrected chi connectivity index (χ3v) is 19.1. The molecule has 2 amide bonds. The number of aromatic hydroxyl groups is 1. The lowest BCUT2D eigenvalue weighted by molar-refractivity contribution is -0.116. The number of aryl methyl sites for hydroxylation is 1. The number of ether oxygens (including phenoxy) is 1. The number of benzene rings is 4. The van der Waals surface area contributed by atoms with Gasteiger partial charge in [0, 0.05) is 60.2 Å². The Hall–Kier alpha value is -5.18. The van der Waals surface area contributed by atoms with Crippen molar-refractivity contribution < 1.29 is 29.0 Å². The molecule has 0 bridgehead atoms. The van der Waals surface area contributed by atoms with E-state index in [1.165, 1.54) is 31.7 Å². The molecule has 14 heteroatoms. The average molecular weight is 981 g/mol. The zero-order chi connectivity index (χ0) is 49.9. The number of carboxylic acid groups (broad SMARTS) is 1. The molecular formula is C55H74ClN5O7Si. The number of methoxy groups -OCH3 is 1. The van der Waals surface area contributed by atoms with E-state index in [0.29, 0.717) is 65.0 Å². The summed E-state index contributed by atoms with van der Waals surface area (Å²) in [6.45, 7) is 15.0. The van der Waals surface area contributed by atoms with E-state index >= 15 is 0 Å². The number of unbranched alkanes of at least 4 members (excludes halogenated alkanes) is 3. The summed E-state index contributed by atoms with van der Waals surface area (Å²) in [6, 6.07) is 26.5. The van der Waals surface area contributed by atoms with Crippen molar-refractivity contribution in [3.63, 3.8) is 0 Å². The normalized spacial score (nSPS) is 15.9. The topological polar surface area (TPSA) is 156 Å². The van der Waals surface area contributed by atoms with Gasteiger partial charge in [-0.2, -0.15) is 0 Å². The monoisotopic (exact) mass is 980 g/mol. The van der Waals surface area contributed by atoms with Gasteiger partial charge in [0.25, 0.3) is 0 Å². The van der Waals surface area contributed by atoms with Crippen LogP contribution in [0.2, 0.25) is 23.2 Å². The number of aromatic amines is 1. The Kier molecular flexibility index (Phi) is 18.6. The molecule has 4 aromatic carbocycles. The van der Waals surface area contributed by atoms with Crippen LogP contribution in [0.1, 0.15) is 115 Å². The minimum Gasteiger partial charge on any atom is -0.506 e. The molecule has 1 heterocycles. The van der Waals surface area contributed by atoms with E-state index in [-0.39, 0.29) is 34.7 Å². The third-order valence-electron chi connectivity index (χ3n) is 14.3. The summed E-state index contributed by atoms with van der Waals surface area (Å²) in [4.78, 5) is 45.7. The number of nitrogens with zero attached hydrogens (tertiary/aromatic N) is 2. The van der Waals surface area contributed by atoms with Crippen LogP contribution >= 0.6 is 11.6 Å². The number of hydrogen-bond acceptors (Lipinski definition) is 8. The van der Waals surface area contributed by atoms with E-state index in [1.54, 1.807) is 36.3 Å². The summed E-state index contributed by atoms with van der Waals surface area (Å²) in [5.41, 5.74) is 5.62. The van der Waals surface area contributed by atoms with Crippen molar-refractivity contribution in [2.75, 3.05) is 37.5 Å². The number of carbonyl (C=O) groups is 2. The van der Waals surface area contributed by atoms with Crippen LogP contribution in [0.3, 0.4) is 0 Å². The summed E-state index contributed by atoms with van der Waals surface area (Å²) in [6.07, 6.45) is 8.44. The number of phenolic OH excluding ortho intramolecular Hbond substituents is 1. The first-order valence-corrected chi connectivity index (χ1v) is 28.0. The van der Waals surface area contributed by atoms with Crippen molar-refractivity contribution in [3.05, 3.63) is 117 Å². The summed E-state index contributed by atoms with van der Waals surface area (Å²) >= 11 is 6.83. The van der Waals surface area contributed by atoms with E-state index in [2.05, 4.69) is 68.4 Å². The predicted octanol–water partition coefficient (Wildman–Crippen LogP) is 12.7. The lowest BCUT2D eigenvalue weighted by Gasteiger charge is -2.39. The number of amides is 2. The maximum atomic E-state index is 13.5. The molecule has 1 saturated carbocycles. The number of anilines is 2. The number of hydrogen-bond donors (Lipinski definition) is 5. The Morgan fingerprint density at radius 2 is 1.65 bits per heavy atom. The smallest absolute Gasteiger partial charge is 0.412 e. The largest absolute Gasteiger partial charge is 0.506 e. The third kappa shape index (κ3) is 13.8. The Morgan fingerprint density at radius 1 is 0.928 bits per heavy atom. The predicted molar refractivity (Wildman–Crippen MR) is 284 cm³/mol. The summed E-state index contributed by atoms with van der Waals surface area (Å²) in [5, 5.41) is 28.9. The van der Waals surface area contributed by atoms with Crippen LogP contribution in [0.15, 0.2) is 89.7 Å². The lowest BCUT2D eigenvalue weighted by atomic mass is 9.88. The second-order valence-corrected chi connectivity index (χ2v) is 25.4. The zero-order valence-electron chi connectivity index (χ0n) is 41.9.